The van der Waals surface area contributed by atoms with Crippen LogP contribution in [0.1, 0.15) is 12.8 Å². The summed E-state index contributed by atoms with van der Waals surface area (Å²) >= 11 is -2.23. The quantitative estimate of drug-likeness (QED) is 0.422. The zero-order valence-corrected chi connectivity index (χ0v) is 9.50. The molecule has 2 rings (SSSR count). The van der Waals surface area contributed by atoms with Crippen LogP contribution in [0.15, 0.2) is 23.4 Å². The first-order valence-corrected chi connectivity index (χ1v) is 5.65. The molecule has 15 heavy (non-hydrogen) atoms. The van der Waals surface area contributed by atoms with Crippen LogP contribution in [-0.2, 0) is 11.1 Å². The summed E-state index contributed by atoms with van der Waals surface area (Å²) in [6.45, 7) is 2.02. The largest absolute Gasteiger partial charge is 1.00 e. The summed E-state index contributed by atoms with van der Waals surface area (Å²) in [6.07, 6.45) is 3.90. The van der Waals surface area contributed by atoms with Crippen LogP contribution >= 0.6 is 0 Å². The fraction of sp³-hybridized carbons (Fsp3) is 0.444. The minimum atomic E-state index is -2.23. The van der Waals surface area contributed by atoms with Gasteiger partial charge in [-0.3, -0.25) is 4.21 Å². The summed E-state index contributed by atoms with van der Waals surface area (Å²) in [4.78, 5) is 5.95. The zero-order chi connectivity index (χ0) is 9.97. The molecule has 1 atom stereocenters. The molecule has 1 aliphatic heterocycles. The van der Waals surface area contributed by atoms with Crippen LogP contribution in [0.25, 0.3) is 0 Å². The van der Waals surface area contributed by atoms with E-state index in [-0.39, 0.29) is 23.9 Å². The third-order valence-corrected chi connectivity index (χ3v) is 2.93. The van der Waals surface area contributed by atoms with Gasteiger partial charge in [-0.05, 0) is 36.1 Å². The van der Waals surface area contributed by atoms with Crippen molar-refractivity contribution in [2.75, 3.05) is 18.0 Å². The Morgan fingerprint density at radius 1 is 1.40 bits per heavy atom. The normalized spacial score (nSPS) is 17.3. The Morgan fingerprint density at radius 3 is 2.67 bits per heavy atom. The molecule has 0 radical (unpaired) electrons. The van der Waals surface area contributed by atoms with E-state index in [1.807, 2.05) is 6.07 Å². The second kappa shape index (κ2) is 5.66. The molecule has 0 amide bonds. The number of hydrogen-bond donors (Lipinski definition) is 0. The summed E-state index contributed by atoms with van der Waals surface area (Å²) in [5.41, 5.74) is 0.955. The molecule has 1 fully saturated rings. The summed E-state index contributed by atoms with van der Waals surface area (Å²) in [5, 5.41) is 0.120. The van der Waals surface area contributed by atoms with Gasteiger partial charge in [-0.25, -0.2) is 4.98 Å². The molecule has 2 heterocycles. The predicted molar refractivity (Wildman–Crippen MR) is 52.9 cm³/mol. The molecule has 0 aromatic carbocycles. The Kier molecular flexibility index (Phi) is 4.80. The molecule has 1 aliphatic rings. The van der Waals surface area contributed by atoms with Crippen molar-refractivity contribution in [2.45, 2.75) is 17.9 Å². The van der Waals surface area contributed by atoms with Crippen molar-refractivity contribution in [3.63, 3.8) is 0 Å². The van der Waals surface area contributed by atoms with Crippen molar-refractivity contribution < 1.29 is 27.6 Å². The van der Waals surface area contributed by atoms with Gasteiger partial charge in [0.1, 0.15) is 5.03 Å². The fourth-order valence-corrected chi connectivity index (χ4v) is 2.03. The number of rotatable bonds is 2. The van der Waals surface area contributed by atoms with E-state index in [9.17, 15) is 8.76 Å². The van der Waals surface area contributed by atoms with E-state index >= 15 is 0 Å². The average Bonchev–Trinajstić information content (AvgIpc) is 2.71. The monoisotopic (exact) mass is 218 g/mol. The van der Waals surface area contributed by atoms with Gasteiger partial charge in [0.05, 0.1) is 0 Å². The maximum atomic E-state index is 10.7. The van der Waals surface area contributed by atoms with E-state index in [1.165, 1.54) is 12.8 Å². The van der Waals surface area contributed by atoms with Crippen LogP contribution in [0.3, 0.4) is 0 Å². The van der Waals surface area contributed by atoms with E-state index < -0.39 is 11.1 Å². The van der Waals surface area contributed by atoms with Crippen molar-refractivity contribution in [1.82, 2.24) is 4.98 Å². The van der Waals surface area contributed by atoms with E-state index in [0.29, 0.717) is 0 Å². The molecule has 4 nitrogen and oxygen atoms in total. The number of anilines is 1. The van der Waals surface area contributed by atoms with Crippen LogP contribution in [-0.4, -0.2) is 26.8 Å². The summed E-state index contributed by atoms with van der Waals surface area (Å²) < 4.78 is 21.4. The maximum absolute atomic E-state index is 10.7. The molecule has 1 aromatic rings. The standard InChI is InChI=1S/C9H12N2O2S.Li/c12-14(13)9-7-8(3-4-10-9)11-5-1-2-6-11;/h3-4,7H,1-2,5-6H2,(H,12,13);/q;+1/p-1. The number of hydrogen-bond acceptors (Lipinski definition) is 4. The minimum absolute atomic E-state index is 0. The van der Waals surface area contributed by atoms with Crippen molar-refractivity contribution in [3.8, 4) is 0 Å². The summed E-state index contributed by atoms with van der Waals surface area (Å²) in [6, 6.07) is 3.47. The Labute approximate surface area is 104 Å². The molecule has 0 spiro atoms. The number of aromatic nitrogens is 1. The van der Waals surface area contributed by atoms with Gasteiger partial charge < -0.3 is 9.45 Å². The first kappa shape index (κ1) is 12.7. The Hall–Kier alpha value is -0.343. The van der Waals surface area contributed by atoms with Gasteiger partial charge in [-0.2, -0.15) is 0 Å². The zero-order valence-electron chi connectivity index (χ0n) is 8.68. The second-order valence-electron chi connectivity index (χ2n) is 3.28. The Balaban J connectivity index is 0.00000112. The molecule has 0 N–H and O–H groups in total. The molecule has 6 heteroatoms. The number of pyridine rings is 1. The maximum Gasteiger partial charge on any atom is 1.00 e. The van der Waals surface area contributed by atoms with Crippen molar-refractivity contribution >= 4 is 16.8 Å². The number of nitrogens with zero attached hydrogens (tertiary/aromatic N) is 2. The minimum Gasteiger partial charge on any atom is -0.767 e. The Bertz CT molecular complexity index is 356. The van der Waals surface area contributed by atoms with Crippen LogP contribution in [0.2, 0.25) is 0 Å². The fourth-order valence-electron chi connectivity index (χ4n) is 1.66. The second-order valence-corrected chi connectivity index (χ2v) is 4.17. The first-order valence-electron chi connectivity index (χ1n) is 4.57. The summed E-state index contributed by atoms with van der Waals surface area (Å²) in [7, 11) is 0. The van der Waals surface area contributed by atoms with E-state index in [2.05, 4.69) is 9.88 Å². The molecule has 0 saturated carbocycles. The molecule has 76 valence electrons. The van der Waals surface area contributed by atoms with Gasteiger partial charge in [0.2, 0.25) is 0 Å². The van der Waals surface area contributed by atoms with Gasteiger partial charge in [0.25, 0.3) is 0 Å². The van der Waals surface area contributed by atoms with Crippen LogP contribution < -0.4 is 23.8 Å². The smallest absolute Gasteiger partial charge is 0.767 e. The van der Waals surface area contributed by atoms with Gasteiger partial charge in [0.15, 0.2) is 0 Å². The van der Waals surface area contributed by atoms with Gasteiger partial charge in [-0.1, -0.05) is 0 Å². The predicted octanol–water partition coefficient (Wildman–Crippen LogP) is -2.08. The summed E-state index contributed by atoms with van der Waals surface area (Å²) in [5.74, 6) is 0. The van der Waals surface area contributed by atoms with Crippen molar-refractivity contribution in [1.29, 1.82) is 0 Å². The molecule has 0 bridgehead atoms. The van der Waals surface area contributed by atoms with E-state index in [0.717, 1.165) is 18.8 Å². The Morgan fingerprint density at radius 2 is 2.07 bits per heavy atom. The van der Waals surface area contributed by atoms with E-state index in [4.69, 9.17) is 0 Å². The van der Waals surface area contributed by atoms with Gasteiger partial charge in [-0.15, -0.1) is 0 Å². The van der Waals surface area contributed by atoms with Gasteiger partial charge in [0, 0.05) is 25.0 Å². The average molecular weight is 218 g/mol. The topological polar surface area (TPSA) is 56.3 Å². The molecule has 1 saturated heterocycles. The van der Waals surface area contributed by atoms with E-state index in [1.54, 1.807) is 12.3 Å². The van der Waals surface area contributed by atoms with Crippen LogP contribution in [0.4, 0.5) is 5.69 Å². The molecular formula is C9H11LiN2O2S. The molecule has 1 aromatic heterocycles. The van der Waals surface area contributed by atoms with Gasteiger partial charge >= 0.3 is 18.9 Å². The molecule has 1 unspecified atom stereocenters. The first-order chi connectivity index (χ1) is 6.77. The van der Waals surface area contributed by atoms with Crippen molar-refractivity contribution in [2.24, 2.45) is 0 Å². The van der Waals surface area contributed by atoms with Crippen LogP contribution in [0.5, 0.6) is 0 Å². The van der Waals surface area contributed by atoms with Crippen molar-refractivity contribution in [3.05, 3.63) is 18.3 Å². The molecule has 0 aliphatic carbocycles. The SMILES string of the molecule is O=S([O-])c1cc(N2CCCC2)ccn1.[Li+]. The third-order valence-electron chi connectivity index (χ3n) is 2.36. The molecular weight excluding hydrogens is 207 g/mol. The van der Waals surface area contributed by atoms with Crippen LogP contribution in [0, 0.1) is 0 Å². The third kappa shape index (κ3) is 3.05.